The van der Waals surface area contributed by atoms with Crippen molar-refractivity contribution in [1.29, 1.82) is 0 Å². The van der Waals surface area contributed by atoms with Gasteiger partial charge in [0.05, 0.1) is 5.56 Å². The maximum atomic E-state index is 13.5. The van der Waals surface area contributed by atoms with Gasteiger partial charge in [-0.05, 0) is 38.8 Å². The van der Waals surface area contributed by atoms with E-state index in [1.807, 2.05) is 21.1 Å². The Balaban J connectivity index is 2.63. The van der Waals surface area contributed by atoms with Crippen molar-refractivity contribution in [1.82, 2.24) is 9.80 Å². The summed E-state index contributed by atoms with van der Waals surface area (Å²) in [7, 11) is 5.94. The van der Waals surface area contributed by atoms with E-state index in [0.29, 0.717) is 6.54 Å². The molecule has 5 heteroatoms. The Hall–Kier alpha value is -1.46. The Labute approximate surface area is 107 Å². The number of nitrogens with zero attached hydrogens (tertiary/aromatic N) is 2. The van der Waals surface area contributed by atoms with Crippen molar-refractivity contribution in [3.8, 4) is 0 Å². The second-order valence-corrected chi connectivity index (χ2v) is 4.66. The van der Waals surface area contributed by atoms with Crippen LogP contribution in [0.15, 0.2) is 18.2 Å². The van der Waals surface area contributed by atoms with Crippen molar-refractivity contribution in [2.75, 3.05) is 34.2 Å². The minimum Gasteiger partial charge on any atom is -0.478 e. The lowest BCUT2D eigenvalue weighted by Gasteiger charge is -2.19. The van der Waals surface area contributed by atoms with Gasteiger partial charge in [-0.3, -0.25) is 0 Å². The number of hydrogen-bond donors (Lipinski definition) is 1. The summed E-state index contributed by atoms with van der Waals surface area (Å²) in [5.41, 5.74) is 0.494. The van der Waals surface area contributed by atoms with Crippen LogP contribution in [-0.2, 0) is 6.54 Å². The molecule has 0 bridgehead atoms. The highest BCUT2D eigenvalue weighted by Gasteiger charge is 2.11. The third-order valence-corrected chi connectivity index (χ3v) is 2.65. The normalized spacial score (nSPS) is 11.2. The lowest BCUT2D eigenvalue weighted by molar-refractivity contribution is 0.0692. The molecule has 4 nitrogen and oxygen atoms in total. The van der Waals surface area contributed by atoms with Gasteiger partial charge in [0.25, 0.3) is 0 Å². The monoisotopic (exact) mass is 254 g/mol. The Morgan fingerprint density at radius 3 is 2.44 bits per heavy atom. The maximum Gasteiger partial charge on any atom is 0.338 e. The van der Waals surface area contributed by atoms with Gasteiger partial charge in [0.15, 0.2) is 0 Å². The van der Waals surface area contributed by atoms with E-state index in [9.17, 15) is 9.18 Å². The highest BCUT2D eigenvalue weighted by Crippen LogP contribution is 2.12. The Morgan fingerprint density at radius 2 is 1.94 bits per heavy atom. The molecule has 1 aromatic carbocycles. The van der Waals surface area contributed by atoms with Crippen LogP contribution in [0.25, 0.3) is 0 Å². The summed E-state index contributed by atoms with van der Waals surface area (Å²) in [5, 5.41) is 8.73. The number of carboxylic acid groups (broad SMARTS) is 1. The fraction of sp³-hybridized carbons (Fsp3) is 0.462. The van der Waals surface area contributed by atoms with E-state index in [1.54, 1.807) is 6.07 Å². The molecule has 0 heterocycles. The third-order valence-electron chi connectivity index (χ3n) is 2.65. The van der Waals surface area contributed by atoms with Crippen molar-refractivity contribution >= 4 is 5.97 Å². The summed E-state index contributed by atoms with van der Waals surface area (Å²) < 4.78 is 13.5. The molecule has 0 fully saturated rings. The van der Waals surface area contributed by atoms with Crippen LogP contribution < -0.4 is 0 Å². The number of likely N-dealkylation sites (N-methyl/N-ethyl adjacent to an activating group) is 2. The number of benzene rings is 1. The van der Waals surface area contributed by atoms with Crippen LogP contribution in [0, 0.1) is 5.82 Å². The molecule has 0 amide bonds. The molecule has 1 aromatic rings. The average Bonchev–Trinajstić information content (AvgIpc) is 2.26. The molecule has 0 aliphatic heterocycles. The standard InChI is InChI=1S/C13H19FN2O2/c1-15(2)6-7-16(3)9-10-4-5-11(13(17)18)12(14)8-10/h4-5,8H,6-7,9H2,1-3H3,(H,17,18). The lowest BCUT2D eigenvalue weighted by Crippen LogP contribution is -2.28. The molecule has 1 rings (SSSR count). The van der Waals surface area contributed by atoms with Gasteiger partial charge in [-0.1, -0.05) is 6.07 Å². The average molecular weight is 254 g/mol. The molecular formula is C13H19FN2O2. The van der Waals surface area contributed by atoms with E-state index in [2.05, 4.69) is 9.80 Å². The summed E-state index contributed by atoms with van der Waals surface area (Å²) in [6, 6.07) is 4.25. The van der Waals surface area contributed by atoms with E-state index < -0.39 is 11.8 Å². The van der Waals surface area contributed by atoms with Crippen molar-refractivity contribution in [3.63, 3.8) is 0 Å². The molecule has 100 valence electrons. The molecule has 0 aromatic heterocycles. The number of carbonyl (C=O) groups is 1. The van der Waals surface area contributed by atoms with Gasteiger partial charge in [-0.25, -0.2) is 9.18 Å². The van der Waals surface area contributed by atoms with E-state index in [4.69, 9.17) is 5.11 Å². The second-order valence-electron chi connectivity index (χ2n) is 4.66. The van der Waals surface area contributed by atoms with Gasteiger partial charge < -0.3 is 14.9 Å². The first-order chi connectivity index (χ1) is 8.40. The van der Waals surface area contributed by atoms with Crippen LogP contribution >= 0.6 is 0 Å². The van der Waals surface area contributed by atoms with Gasteiger partial charge in [-0.2, -0.15) is 0 Å². The van der Waals surface area contributed by atoms with Gasteiger partial charge in [0, 0.05) is 19.6 Å². The van der Waals surface area contributed by atoms with Crippen LogP contribution in [-0.4, -0.2) is 55.1 Å². The first-order valence-corrected chi connectivity index (χ1v) is 5.75. The highest BCUT2D eigenvalue weighted by atomic mass is 19.1. The van der Waals surface area contributed by atoms with Gasteiger partial charge in [0.1, 0.15) is 5.82 Å². The summed E-state index contributed by atoms with van der Waals surface area (Å²) in [6.07, 6.45) is 0. The zero-order valence-corrected chi connectivity index (χ0v) is 11.0. The Kier molecular flexibility index (Phi) is 5.25. The SMILES string of the molecule is CN(C)CCN(C)Cc1ccc(C(=O)O)c(F)c1. The number of aromatic carboxylic acids is 1. The van der Waals surface area contributed by atoms with Crippen LogP contribution in [0.1, 0.15) is 15.9 Å². The molecule has 0 atom stereocenters. The quantitative estimate of drug-likeness (QED) is 0.836. The predicted octanol–water partition coefficient (Wildman–Crippen LogP) is 1.52. The molecule has 0 saturated heterocycles. The first kappa shape index (κ1) is 14.6. The highest BCUT2D eigenvalue weighted by molar-refractivity contribution is 5.87. The summed E-state index contributed by atoms with van der Waals surface area (Å²) in [5.74, 6) is -1.92. The lowest BCUT2D eigenvalue weighted by atomic mass is 10.1. The van der Waals surface area contributed by atoms with E-state index in [-0.39, 0.29) is 5.56 Å². The number of carboxylic acids is 1. The molecule has 0 aliphatic rings. The van der Waals surface area contributed by atoms with Crippen LogP contribution in [0.4, 0.5) is 4.39 Å². The Bertz CT molecular complexity index is 421. The van der Waals surface area contributed by atoms with E-state index in [0.717, 1.165) is 18.7 Å². The first-order valence-electron chi connectivity index (χ1n) is 5.75. The second kappa shape index (κ2) is 6.47. The van der Waals surface area contributed by atoms with E-state index in [1.165, 1.54) is 12.1 Å². The summed E-state index contributed by atoms with van der Waals surface area (Å²) >= 11 is 0. The van der Waals surface area contributed by atoms with Crippen molar-refractivity contribution in [3.05, 3.63) is 35.1 Å². The van der Waals surface area contributed by atoms with E-state index >= 15 is 0 Å². The number of hydrogen-bond acceptors (Lipinski definition) is 3. The molecular weight excluding hydrogens is 235 g/mol. The van der Waals surface area contributed by atoms with Crippen LogP contribution in [0.5, 0.6) is 0 Å². The third kappa shape index (κ3) is 4.43. The number of halogens is 1. The minimum absolute atomic E-state index is 0.283. The molecule has 0 radical (unpaired) electrons. The molecule has 1 N–H and O–H groups in total. The molecule has 18 heavy (non-hydrogen) atoms. The van der Waals surface area contributed by atoms with Gasteiger partial charge >= 0.3 is 5.97 Å². The fourth-order valence-electron chi connectivity index (χ4n) is 1.59. The van der Waals surface area contributed by atoms with Gasteiger partial charge in [0.2, 0.25) is 0 Å². The topological polar surface area (TPSA) is 43.8 Å². The molecule has 0 unspecified atom stereocenters. The zero-order chi connectivity index (χ0) is 13.7. The fourth-order valence-corrected chi connectivity index (χ4v) is 1.59. The summed E-state index contributed by atoms with van der Waals surface area (Å²) in [6.45, 7) is 2.39. The summed E-state index contributed by atoms with van der Waals surface area (Å²) in [4.78, 5) is 14.8. The number of rotatable bonds is 6. The molecule has 0 spiro atoms. The zero-order valence-electron chi connectivity index (χ0n) is 11.0. The molecule has 0 aliphatic carbocycles. The van der Waals surface area contributed by atoms with Crippen molar-refractivity contribution in [2.24, 2.45) is 0 Å². The Morgan fingerprint density at radius 1 is 1.28 bits per heavy atom. The predicted molar refractivity (Wildman–Crippen MR) is 68.2 cm³/mol. The van der Waals surface area contributed by atoms with Crippen molar-refractivity contribution < 1.29 is 14.3 Å². The smallest absolute Gasteiger partial charge is 0.338 e. The van der Waals surface area contributed by atoms with Crippen molar-refractivity contribution in [2.45, 2.75) is 6.54 Å². The molecule has 0 saturated carbocycles. The van der Waals surface area contributed by atoms with Crippen LogP contribution in [0.3, 0.4) is 0 Å². The van der Waals surface area contributed by atoms with Crippen LogP contribution in [0.2, 0.25) is 0 Å². The largest absolute Gasteiger partial charge is 0.478 e. The van der Waals surface area contributed by atoms with Gasteiger partial charge in [-0.15, -0.1) is 0 Å². The maximum absolute atomic E-state index is 13.5. The minimum atomic E-state index is -1.24.